The van der Waals surface area contributed by atoms with Crippen molar-refractivity contribution in [3.8, 4) is 16.6 Å². The normalized spacial score (nSPS) is 16.1. The summed E-state index contributed by atoms with van der Waals surface area (Å²) in [6, 6.07) is 11.6. The summed E-state index contributed by atoms with van der Waals surface area (Å²) < 4.78 is 5.95. The number of hydrogen-bond donors (Lipinski definition) is 1. The maximum atomic E-state index is 10.3. The number of aliphatic hydroxyl groups is 1. The summed E-state index contributed by atoms with van der Waals surface area (Å²) in [4.78, 5) is 9.04. The first kappa shape index (κ1) is 18.3. The molecular formula is C19H20N6O2S. The van der Waals surface area contributed by atoms with Gasteiger partial charge in [-0.25, -0.2) is 9.99 Å². The van der Waals surface area contributed by atoms with Gasteiger partial charge in [-0.05, 0) is 48.1 Å². The fourth-order valence-corrected chi connectivity index (χ4v) is 3.54. The van der Waals surface area contributed by atoms with E-state index in [2.05, 4.69) is 20.4 Å². The molecular weight excluding hydrogens is 376 g/mol. The summed E-state index contributed by atoms with van der Waals surface area (Å²) >= 11 is 1.43. The van der Waals surface area contributed by atoms with Crippen LogP contribution in [0.25, 0.3) is 11.4 Å². The van der Waals surface area contributed by atoms with E-state index >= 15 is 0 Å². The van der Waals surface area contributed by atoms with Crippen molar-refractivity contribution in [2.24, 2.45) is 10.4 Å². The fourth-order valence-electron chi connectivity index (χ4n) is 2.88. The molecule has 1 N–H and O–H groups in total. The molecule has 3 aromatic rings. The first-order valence-corrected chi connectivity index (χ1v) is 9.63. The molecule has 0 saturated carbocycles. The van der Waals surface area contributed by atoms with Crippen LogP contribution < -0.4 is 9.75 Å². The molecule has 2 aromatic heterocycles. The summed E-state index contributed by atoms with van der Waals surface area (Å²) in [5.74, 6) is 0. The van der Waals surface area contributed by atoms with Crippen molar-refractivity contribution in [1.29, 1.82) is 0 Å². The number of nitrogens with zero attached hydrogens (tertiary/aromatic N) is 6. The number of hydrogen-bond acceptors (Lipinski definition) is 9. The molecule has 1 atom stereocenters. The Balaban J connectivity index is 1.54. The second kappa shape index (κ2) is 7.53. The highest BCUT2D eigenvalue weighted by Gasteiger charge is 2.28. The minimum absolute atomic E-state index is 0.304. The molecule has 1 aliphatic rings. The summed E-state index contributed by atoms with van der Waals surface area (Å²) in [6.07, 6.45) is -0.945. The van der Waals surface area contributed by atoms with Gasteiger partial charge in [0.2, 0.25) is 6.35 Å². The number of ether oxygens (including phenoxy) is 1. The minimum atomic E-state index is -0.945. The molecule has 4 rings (SSSR count). The quantitative estimate of drug-likeness (QED) is 0.707. The zero-order valence-corrected chi connectivity index (χ0v) is 16.6. The van der Waals surface area contributed by atoms with Crippen LogP contribution in [0.1, 0.15) is 16.8 Å². The van der Waals surface area contributed by atoms with E-state index in [1.54, 1.807) is 7.05 Å². The Morgan fingerprint density at radius 2 is 1.89 bits per heavy atom. The molecule has 0 saturated heterocycles. The number of anilines is 1. The van der Waals surface area contributed by atoms with Crippen LogP contribution in [0.4, 0.5) is 5.69 Å². The molecule has 0 bridgehead atoms. The van der Waals surface area contributed by atoms with Gasteiger partial charge in [-0.15, -0.1) is 0 Å². The zero-order chi connectivity index (χ0) is 19.7. The van der Waals surface area contributed by atoms with Crippen molar-refractivity contribution in [2.45, 2.75) is 26.8 Å². The largest absolute Gasteiger partial charge is 0.465 e. The Labute approximate surface area is 166 Å². The fraction of sp³-hybridized carbons (Fsp3) is 0.263. The lowest BCUT2D eigenvalue weighted by Crippen LogP contribution is -2.36. The third kappa shape index (κ3) is 3.54. The summed E-state index contributed by atoms with van der Waals surface area (Å²) in [5, 5.41) is 23.5. The Morgan fingerprint density at radius 1 is 1.07 bits per heavy atom. The summed E-state index contributed by atoms with van der Waals surface area (Å²) in [5.41, 5.74) is 5.26. The molecule has 9 heteroatoms. The van der Waals surface area contributed by atoms with Gasteiger partial charge in [0, 0.05) is 23.7 Å². The van der Waals surface area contributed by atoms with Crippen LogP contribution in [-0.2, 0) is 6.61 Å². The maximum Gasteiger partial charge on any atom is 0.274 e. The van der Waals surface area contributed by atoms with Gasteiger partial charge in [0.15, 0.2) is 0 Å². The zero-order valence-electron chi connectivity index (χ0n) is 15.8. The van der Waals surface area contributed by atoms with Crippen molar-refractivity contribution >= 4 is 17.0 Å². The number of aromatic nitrogens is 2. The standard InChI is InChI=1S/C19H20N6O2S/c1-12-6-4-9-17(25-19(26)24(3)22-23-25)14(12)10-27-18-21-16(11-28-18)15-8-5-7-13(2)20-15/h4-9,11,19,26H,10H2,1-3H3. The predicted molar refractivity (Wildman–Crippen MR) is 107 cm³/mol. The molecule has 28 heavy (non-hydrogen) atoms. The Morgan fingerprint density at radius 3 is 2.64 bits per heavy atom. The number of thiazole rings is 1. The Bertz CT molecular complexity index is 1020. The van der Waals surface area contributed by atoms with Gasteiger partial charge in [-0.3, -0.25) is 4.98 Å². The van der Waals surface area contributed by atoms with Crippen molar-refractivity contribution in [2.75, 3.05) is 12.1 Å². The first-order chi connectivity index (χ1) is 13.5. The molecule has 0 fully saturated rings. The maximum absolute atomic E-state index is 10.3. The molecule has 8 nitrogen and oxygen atoms in total. The number of rotatable bonds is 5. The van der Waals surface area contributed by atoms with Crippen LogP contribution in [0, 0.1) is 13.8 Å². The van der Waals surface area contributed by atoms with Crippen LogP contribution >= 0.6 is 11.3 Å². The highest BCUT2D eigenvalue weighted by Crippen LogP contribution is 2.31. The van der Waals surface area contributed by atoms with Crippen LogP contribution in [-0.4, -0.2) is 33.5 Å². The van der Waals surface area contributed by atoms with Gasteiger partial charge in [0.05, 0.1) is 11.4 Å². The summed E-state index contributed by atoms with van der Waals surface area (Å²) in [6.45, 7) is 4.25. The Hall–Kier alpha value is -3.04. The van der Waals surface area contributed by atoms with Crippen molar-refractivity contribution in [3.63, 3.8) is 0 Å². The van der Waals surface area contributed by atoms with E-state index in [1.807, 2.05) is 55.6 Å². The SMILES string of the molecule is Cc1cccc(-c2csc(OCc3c(C)cccc3N3N=NN(C)C3O)n2)n1. The van der Waals surface area contributed by atoms with Crippen molar-refractivity contribution in [3.05, 3.63) is 58.6 Å². The average Bonchev–Trinajstić information content (AvgIpc) is 3.28. The van der Waals surface area contributed by atoms with E-state index in [4.69, 9.17) is 4.74 Å². The smallest absolute Gasteiger partial charge is 0.274 e. The van der Waals surface area contributed by atoms with Gasteiger partial charge in [-0.1, -0.05) is 29.5 Å². The highest BCUT2D eigenvalue weighted by atomic mass is 32.1. The lowest BCUT2D eigenvalue weighted by molar-refractivity contribution is 0.0456. The molecule has 1 unspecified atom stereocenters. The lowest BCUT2D eigenvalue weighted by Gasteiger charge is -2.23. The van der Waals surface area contributed by atoms with Crippen LogP contribution in [0.5, 0.6) is 5.19 Å². The highest BCUT2D eigenvalue weighted by molar-refractivity contribution is 7.11. The lowest BCUT2D eigenvalue weighted by atomic mass is 10.1. The van der Waals surface area contributed by atoms with Gasteiger partial charge >= 0.3 is 0 Å². The van der Waals surface area contributed by atoms with E-state index in [9.17, 15) is 5.11 Å². The second-order valence-electron chi connectivity index (χ2n) is 6.47. The monoisotopic (exact) mass is 396 g/mol. The van der Waals surface area contributed by atoms with E-state index in [-0.39, 0.29) is 0 Å². The Kier molecular flexibility index (Phi) is 4.93. The molecule has 0 radical (unpaired) electrons. The minimum Gasteiger partial charge on any atom is -0.465 e. The first-order valence-electron chi connectivity index (χ1n) is 8.75. The van der Waals surface area contributed by atoms with Gasteiger partial charge in [0.1, 0.15) is 12.3 Å². The molecule has 1 aromatic carbocycles. The topological polar surface area (TPSA) is 86.4 Å². The molecule has 0 spiro atoms. The molecule has 3 heterocycles. The van der Waals surface area contributed by atoms with E-state index in [0.717, 1.165) is 33.9 Å². The predicted octanol–water partition coefficient (Wildman–Crippen LogP) is 3.71. The second-order valence-corrected chi connectivity index (χ2v) is 7.29. The van der Waals surface area contributed by atoms with E-state index in [0.29, 0.717) is 11.8 Å². The summed E-state index contributed by atoms with van der Waals surface area (Å²) in [7, 11) is 1.66. The van der Waals surface area contributed by atoms with Crippen LogP contribution in [0.15, 0.2) is 52.2 Å². The van der Waals surface area contributed by atoms with E-state index < -0.39 is 6.35 Å². The number of pyridine rings is 1. The number of aryl methyl sites for hydroxylation is 2. The third-order valence-corrected chi connectivity index (χ3v) is 5.19. The number of aliphatic hydroxyl groups excluding tert-OH is 1. The molecule has 1 aliphatic heterocycles. The molecule has 0 aliphatic carbocycles. The van der Waals surface area contributed by atoms with Gasteiger partial charge in [-0.2, -0.15) is 5.01 Å². The number of benzene rings is 1. The molecule has 144 valence electrons. The molecule has 0 amide bonds. The third-order valence-electron chi connectivity index (χ3n) is 4.44. The van der Waals surface area contributed by atoms with Gasteiger partial charge < -0.3 is 9.84 Å². The van der Waals surface area contributed by atoms with Crippen molar-refractivity contribution in [1.82, 2.24) is 15.0 Å². The average molecular weight is 396 g/mol. The van der Waals surface area contributed by atoms with Gasteiger partial charge in [0.25, 0.3) is 5.19 Å². The van der Waals surface area contributed by atoms with Crippen LogP contribution in [0.3, 0.4) is 0 Å². The van der Waals surface area contributed by atoms with Crippen LogP contribution in [0.2, 0.25) is 0 Å². The van der Waals surface area contributed by atoms with Crippen molar-refractivity contribution < 1.29 is 9.84 Å². The van der Waals surface area contributed by atoms with E-state index in [1.165, 1.54) is 21.4 Å².